The number of alkyl halides is 3. The Morgan fingerprint density at radius 3 is 2.06 bits per heavy atom. The molecule has 4 heteroatoms. The molecule has 0 saturated heterocycles. The van der Waals surface area contributed by atoms with Crippen LogP contribution in [0, 0.1) is 5.92 Å². The van der Waals surface area contributed by atoms with E-state index < -0.39 is 17.3 Å². The summed E-state index contributed by atoms with van der Waals surface area (Å²) in [6.45, 7) is 5.45. The van der Waals surface area contributed by atoms with Crippen molar-refractivity contribution in [1.82, 2.24) is 0 Å². The summed E-state index contributed by atoms with van der Waals surface area (Å²) >= 11 is 0. The normalized spacial score (nSPS) is 17.6. The van der Waals surface area contributed by atoms with Crippen LogP contribution in [-0.4, -0.2) is 0 Å². The molecule has 0 bridgehead atoms. The second-order valence-corrected chi connectivity index (χ2v) is 4.64. The van der Waals surface area contributed by atoms with Crippen LogP contribution in [0.1, 0.15) is 38.3 Å². The van der Waals surface area contributed by atoms with Crippen molar-refractivity contribution in [1.29, 1.82) is 0 Å². The number of halogens is 3. The van der Waals surface area contributed by atoms with Gasteiger partial charge in [-0.1, -0.05) is 38.5 Å². The molecule has 2 atom stereocenters. The highest BCUT2D eigenvalue weighted by Gasteiger charge is 2.39. The average Bonchev–Trinajstić information content (AvgIpc) is 2.26. The van der Waals surface area contributed by atoms with Crippen LogP contribution in [-0.2, 0) is 11.7 Å². The van der Waals surface area contributed by atoms with E-state index >= 15 is 0 Å². The number of rotatable bonds is 3. The lowest BCUT2D eigenvalue weighted by molar-refractivity contribution is -0.139. The second-order valence-electron chi connectivity index (χ2n) is 4.64. The lowest BCUT2D eigenvalue weighted by atomic mass is 9.78. The van der Waals surface area contributed by atoms with E-state index in [1.807, 2.05) is 13.8 Å². The van der Waals surface area contributed by atoms with Crippen LogP contribution in [0.2, 0.25) is 0 Å². The molecule has 1 rings (SSSR count). The molecule has 0 aliphatic heterocycles. The van der Waals surface area contributed by atoms with Crippen LogP contribution in [0.3, 0.4) is 0 Å². The van der Waals surface area contributed by atoms with Gasteiger partial charge in [0.25, 0.3) is 0 Å². The Balaban J connectivity index is 3.32. The number of nitrogens with two attached hydrogens (primary N) is 1. The molecule has 0 aromatic heterocycles. The molecular formula is C13H18F3N. The molecular weight excluding hydrogens is 227 g/mol. The fraction of sp³-hybridized carbons (Fsp3) is 0.538. The first-order chi connectivity index (χ1) is 7.71. The van der Waals surface area contributed by atoms with E-state index in [1.54, 1.807) is 13.0 Å². The van der Waals surface area contributed by atoms with Gasteiger partial charge in [0.1, 0.15) is 0 Å². The predicted octanol–water partition coefficient (Wildman–Crippen LogP) is 3.93. The van der Waals surface area contributed by atoms with Crippen LogP contribution in [0.4, 0.5) is 13.2 Å². The average molecular weight is 245 g/mol. The fourth-order valence-electron chi connectivity index (χ4n) is 1.89. The summed E-state index contributed by atoms with van der Waals surface area (Å²) in [4.78, 5) is 0. The van der Waals surface area contributed by atoms with Gasteiger partial charge in [0, 0.05) is 5.54 Å². The van der Waals surface area contributed by atoms with Crippen molar-refractivity contribution < 1.29 is 13.2 Å². The monoisotopic (exact) mass is 245 g/mol. The largest absolute Gasteiger partial charge is 0.416 e. The van der Waals surface area contributed by atoms with Gasteiger partial charge in [0.15, 0.2) is 0 Å². The molecule has 0 radical (unpaired) electrons. The Kier molecular flexibility index (Phi) is 3.87. The van der Waals surface area contributed by atoms with Crippen LogP contribution in [0.15, 0.2) is 24.3 Å². The molecule has 1 aromatic rings. The minimum Gasteiger partial charge on any atom is -0.321 e. The molecule has 2 N–H and O–H groups in total. The first-order valence-electron chi connectivity index (χ1n) is 5.66. The molecule has 2 unspecified atom stereocenters. The van der Waals surface area contributed by atoms with Crippen LogP contribution >= 0.6 is 0 Å². The fourth-order valence-corrected chi connectivity index (χ4v) is 1.89. The second kappa shape index (κ2) is 4.69. The van der Waals surface area contributed by atoms with Crippen molar-refractivity contribution in [3.05, 3.63) is 35.4 Å². The van der Waals surface area contributed by atoms with E-state index in [2.05, 4.69) is 0 Å². The smallest absolute Gasteiger partial charge is 0.321 e. The SMILES string of the molecule is CCC(C)C(C)(N)c1ccccc1C(F)(F)F. The third-order valence-corrected chi connectivity index (χ3v) is 3.45. The van der Waals surface area contributed by atoms with Gasteiger partial charge in [-0.2, -0.15) is 13.2 Å². The molecule has 17 heavy (non-hydrogen) atoms. The van der Waals surface area contributed by atoms with Crippen LogP contribution in [0.25, 0.3) is 0 Å². The van der Waals surface area contributed by atoms with Gasteiger partial charge in [-0.3, -0.25) is 0 Å². The Labute approximate surface area is 99.8 Å². The quantitative estimate of drug-likeness (QED) is 0.858. The summed E-state index contributed by atoms with van der Waals surface area (Å²) < 4.78 is 38.7. The van der Waals surface area contributed by atoms with Crippen LogP contribution in [0.5, 0.6) is 0 Å². The summed E-state index contributed by atoms with van der Waals surface area (Å²) in [5.41, 5.74) is 4.65. The molecule has 0 fully saturated rings. The van der Waals surface area contributed by atoms with Gasteiger partial charge < -0.3 is 5.73 Å². The maximum Gasteiger partial charge on any atom is 0.416 e. The summed E-state index contributed by atoms with van der Waals surface area (Å²) in [7, 11) is 0. The van der Waals surface area contributed by atoms with Gasteiger partial charge >= 0.3 is 6.18 Å². The Hall–Kier alpha value is -1.03. The summed E-state index contributed by atoms with van der Waals surface area (Å²) in [6.07, 6.45) is -3.62. The molecule has 0 saturated carbocycles. The molecule has 0 heterocycles. The molecule has 0 aliphatic rings. The molecule has 96 valence electrons. The van der Waals surface area contributed by atoms with Crippen molar-refractivity contribution in [3.8, 4) is 0 Å². The summed E-state index contributed by atoms with van der Waals surface area (Å²) in [6, 6.07) is 5.54. The third-order valence-electron chi connectivity index (χ3n) is 3.45. The topological polar surface area (TPSA) is 26.0 Å². The van der Waals surface area contributed by atoms with Gasteiger partial charge in [0.05, 0.1) is 5.56 Å². The Bertz CT molecular complexity index is 382. The van der Waals surface area contributed by atoms with Crippen molar-refractivity contribution in [2.45, 2.75) is 38.9 Å². The Morgan fingerprint density at radius 1 is 1.18 bits per heavy atom. The zero-order valence-electron chi connectivity index (χ0n) is 10.3. The van der Waals surface area contributed by atoms with E-state index in [1.165, 1.54) is 12.1 Å². The minimum atomic E-state index is -4.36. The number of benzene rings is 1. The molecule has 1 nitrogen and oxygen atoms in total. The molecule has 0 spiro atoms. The van der Waals surface area contributed by atoms with Crippen LogP contribution < -0.4 is 5.73 Å². The van der Waals surface area contributed by atoms with E-state index in [9.17, 15) is 13.2 Å². The van der Waals surface area contributed by atoms with Gasteiger partial charge in [-0.15, -0.1) is 0 Å². The maximum atomic E-state index is 12.9. The molecule has 0 aliphatic carbocycles. The standard InChI is InChI=1S/C13H18F3N/c1-4-9(2)12(3,17)10-7-5-6-8-11(10)13(14,15)16/h5-9H,4,17H2,1-3H3. The highest BCUT2D eigenvalue weighted by Crippen LogP contribution is 2.38. The third kappa shape index (κ3) is 2.80. The van der Waals surface area contributed by atoms with Crippen molar-refractivity contribution in [2.75, 3.05) is 0 Å². The van der Waals surface area contributed by atoms with Crippen molar-refractivity contribution in [3.63, 3.8) is 0 Å². The minimum absolute atomic E-state index is 0.0222. The highest BCUT2D eigenvalue weighted by atomic mass is 19.4. The molecule has 1 aromatic carbocycles. The Morgan fingerprint density at radius 2 is 1.65 bits per heavy atom. The van der Waals surface area contributed by atoms with E-state index in [-0.39, 0.29) is 11.5 Å². The first kappa shape index (κ1) is 14.0. The first-order valence-corrected chi connectivity index (χ1v) is 5.66. The highest BCUT2D eigenvalue weighted by molar-refractivity contribution is 5.35. The predicted molar refractivity (Wildman–Crippen MR) is 62.4 cm³/mol. The van der Waals surface area contributed by atoms with E-state index in [4.69, 9.17) is 5.73 Å². The van der Waals surface area contributed by atoms with Gasteiger partial charge in [-0.05, 0) is 24.5 Å². The van der Waals surface area contributed by atoms with Gasteiger partial charge in [0.2, 0.25) is 0 Å². The van der Waals surface area contributed by atoms with E-state index in [0.29, 0.717) is 0 Å². The van der Waals surface area contributed by atoms with E-state index in [0.717, 1.165) is 12.5 Å². The zero-order valence-corrected chi connectivity index (χ0v) is 10.3. The van der Waals surface area contributed by atoms with Crippen molar-refractivity contribution in [2.24, 2.45) is 11.7 Å². The maximum absolute atomic E-state index is 12.9. The summed E-state index contributed by atoms with van der Waals surface area (Å²) in [5.74, 6) is -0.0222. The zero-order chi connectivity index (χ0) is 13.3. The van der Waals surface area contributed by atoms with Gasteiger partial charge in [-0.25, -0.2) is 0 Å². The number of hydrogen-bond donors (Lipinski definition) is 1. The van der Waals surface area contributed by atoms with Crippen molar-refractivity contribution >= 4 is 0 Å². The number of hydrogen-bond acceptors (Lipinski definition) is 1. The summed E-state index contributed by atoms with van der Waals surface area (Å²) in [5, 5.41) is 0. The lowest BCUT2D eigenvalue weighted by Gasteiger charge is -2.33. The lowest BCUT2D eigenvalue weighted by Crippen LogP contribution is -2.41. The molecule has 0 amide bonds.